The number of hydrogen-bond acceptors (Lipinski definition) is 5. The Morgan fingerprint density at radius 1 is 1.36 bits per heavy atom. The number of nitrogens with zero attached hydrogens (tertiary/aromatic N) is 2. The summed E-state index contributed by atoms with van der Waals surface area (Å²) in [5, 5.41) is 5.12. The van der Waals surface area contributed by atoms with Gasteiger partial charge in [-0.1, -0.05) is 6.07 Å². The first-order valence-electron chi connectivity index (χ1n) is 7.43. The van der Waals surface area contributed by atoms with Gasteiger partial charge in [-0.05, 0) is 37.5 Å². The van der Waals surface area contributed by atoms with Crippen LogP contribution in [0.4, 0.5) is 10.8 Å². The highest BCUT2D eigenvalue weighted by atomic mass is 35.5. The number of anilines is 2. The smallest absolute Gasteiger partial charge is 0.254 e. The van der Waals surface area contributed by atoms with Crippen molar-refractivity contribution in [1.29, 1.82) is 0 Å². The Hall–Kier alpha value is -1.83. The maximum atomic E-state index is 12.8. The molecule has 1 aliphatic heterocycles. The third-order valence-electron chi connectivity index (χ3n) is 3.97. The number of likely N-dealkylation sites (tertiary alicyclic amines) is 1. The topological polar surface area (TPSA) is 88.3 Å². The summed E-state index contributed by atoms with van der Waals surface area (Å²) < 4.78 is 0. The van der Waals surface area contributed by atoms with Gasteiger partial charge in [-0.3, -0.25) is 9.59 Å². The number of nitrogens with one attached hydrogen (secondary N) is 1. The number of halogens is 2. The van der Waals surface area contributed by atoms with Gasteiger partial charge in [0.05, 0.1) is 0 Å². The molecule has 0 aliphatic carbocycles. The highest BCUT2D eigenvalue weighted by Gasteiger charge is 2.35. The lowest BCUT2D eigenvalue weighted by Gasteiger charge is -2.24. The lowest BCUT2D eigenvalue weighted by Crippen LogP contribution is -2.43. The molecule has 1 aromatic carbocycles. The third-order valence-corrected chi connectivity index (χ3v) is 4.66. The summed E-state index contributed by atoms with van der Waals surface area (Å²) in [5.41, 5.74) is 7.75. The van der Waals surface area contributed by atoms with Gasteiger partial charge in [0.15, 0.2) is 5.13 Å². The largest absolute Gasteiger partial charge is 0.399 e. The summed E-state index contributed by atoms with van der Waals surface area (Å²) in [4.78, 5) is 30.9. The highest BCUT2D eigenvalue weighted by Crippen LogP contribution is 2.24. The van der Waals surface area contributed by atoms with E-state index in [4.69, 9.17) is 5.73 Å². The third kappa shape index (κ3) is 4.62. The maximum absolute atomic E-state index is 12.8. The zero-order chi connectivity index (χ0) is 16.4. The Balaban J connectivity index is 0.00000156. The minimum atomic E-state index is -0.466. The second-order valence-corrected chi connectivity index (χ2v) is 6.45. The van der Waals surface area contributed by atoms with Crippen LogP contribution < -0.4 is 11.1 Å². The van der Waals surface area contributed by atoms with E-state index in [0.717, 1.165) is 12.0 Å². The fourth-order valence-corrected chi connectivity index (χ4v) is 3.31. The van der Waals surface area contributed by atoms with Crippen LogP contribution in [-0.4, -0.2) is 34.3 Å². The standard InChI is InChI=1S/C16H18N4O2S.2ClH/c1-10-4-5-11(17)9-12(10)15(22)20-7-2-3-13(20)14(21)19-16-18-6-8-23-16;;/h4-6,8-9,13H,2-3,7,17H2,1H3,(H,18,19,21);2*1H. The van der Waals surface area contributed by atoms with Crippen molar-refractivity contribution in [2.75, 3.05) is 17.6 Å². The summed E-state index contributed by atoms with van der Waals surface area (Å²) in [5.74, 6) is -0.334. The summed E-state index contributed by atoms with van der Waals surface area (Å²) >= 11 is 1.36. The predicted octanol–water partition coefficient (Wildman–Crippen LogP) is 3.12. The number of carbonyl (C=O) groups is 2. The van der Waals surface area contributed by atoms with Crippen LogP contribution in [0.25, 0.3) is 0 Å². The fourth-order valence-electron chi connectivity index (χ4n) is 2.78. The Bertz CT molecular complexity index is 740. The molecule has 1 saturated heterocycles. The summed E-state index contributed by atoms with van der Waals surface area (Å²) in [6, 6.07) is 4.80. The molecular formula is C16H20Cl2N4O2S. The van der Waals surface area contributed by atoms with E-state index in [2.05, 4.69) is 10.3 Å². The summed E-state index contributed by atoms with van der Waals surface area (Å²) in [6.07, 6.45) is 3.10. The van der Waals surface area contributed by atoms with Crippen LogP contribution in [-0.2, 0) is 4.79 Å². The molecule has 2 aromatic rings. The van der Waals surface area contributed by atoms with Gasteiger partial charge in [0.25, 0.3) is 5.91 Å². The maximum Gasteiger partial charge on any atom is 0.254 e. The van der Waals surface area contributed by atoms with E-state index in [1.54, 1.807) is 28.6 Å². The molecule has 136 valence electrons. The van der Waals surface area contributed by atoms with E-state index in [1.165, 1.54) is 11.3 Å². The van der Waals surface area contributed by atoms with Gasteiger partial charge < -0.3 is 16.0 Å². The quantitative estimate of drug-likeness (QED) is 0.771. The first kappa shape index (κ1) is 21.2. The van der Waals surface area contributed by atoms with Gasteiger partial charge in [-0.2, -0.15) is 0 Å². The lowest BCUT2D eigenvalue weighted by molar-refractivity contribution is -0.119. The van der Waals surface area contributed by atoms with Crippen molar-refractivity contribution in [3.63, 3.8) is 0 Å². The van der Waals surface area contributed by atoms with Gasteiger partial charge >= 0.3 is 0 Å². The molecule has 2 heterocycles. The van der Waals surface area contributed by atoms with Crippen molar-refractivity contribution in [2.45, 2.75) is 25.8 Å². The van der Waals surface area contributed by atoms with Crippen LogP contribution in [0.2, 0.25) is 0 Å². The van der Waals surface area contributed by atoms with E-state index in [0.29, 0.717) is 29.3 Å². The average Bonchev–Trinajstić information content (AvgIpc) is 3.20. The number of nitrogen functional groups attached to an aromatic ring is 1. The van der Waals surface area contributed by atoms with Gasteiger partial charge in [-0.15, -0.1) is 36.2 Å². The number of nitrogens with two attached hydrogens (primary N) is 1. The number of aromatic nitrogens is 1. The van der Waals surface area contributed by atoms with E-state index in [-0.39, 0.29) is 36.6 Å². The van der Waals surface area contributed by atoms with Crippen LogP contribution in [0, 0.1) is 6.92 Å². The van der Waals surface area contributed by atoms with E-state index in [1.807, 2.05) is 13.0 Å². The van der Waals surface area contributed by atoms with E-state index < -0.39 is 6.04 Å². The summed E-state index contributed by atoms with van der Waals surface area (Å²) in [7, 11) is 0. The average molecular weight is 403 g/mol. The molecule has 1 fully saturated rings. The fraction of sp³-hybridized carbons (Fsp3) is 0.312. The molecular weight excluding hydrogens is 383 g/mol. The van der Waals surface area contributed by atoms with Crippen molar-refractivity contribution in [1.82, 2.24) is 9.88 Å². The Labute approximate surface area is 162 Å². The molecule has 3 N–H and O–H groups in total. The van der Waals surface area contributed by atoms with Gasteiger partial charge in [-0.25, -0.2) is 4.98 Å². The number of amides is 2. The molecule has 1 aliphatic rings. The molecule has 6 nitrogen and oxygen atoms in total. The van der Waals surface area contributed by atoms with Gasteiger partial charge in [0.1, 0.15) is 6.04 Å². The first-order chi connectivity index (χ1) is 11.1. The van der Waals surface area contributed by atoms with Gasteiger partial charge in [0, 0.05) is 29.4 Å². The highest BCUT2D eigenvalue weighted by molar-refractivity contribution is 7.13. The number of benzene rings is 1. The molecule has 3 rings (SSSR count). The number of carbonyl (C=O) groups excluding carboxylic acids is 2. The minimum Gasteiger partial charge on any atom is -0.399 e. The van der Waals surface area contributed by atoms with Crippen LogP contribution in [0.15, 0.2) is 29.8 Å². The molecule has 2 amide bonds. The second kappa shape index (κ2) is 9.03. The molecule has 1 aromatic heterocycles. The monoisotopic (exact) mass is 402 g/mol. The van der Waals surface area contributed by atoms with Crippen LogP contribution in [0.1, 0.15) is 28.8 Å². The van der Waals surface area contributed by atoms with Crippen LogP contribution >= 0.6 is 36.2 Å². The normalized spacial score (nSPS) is 15.9. The van der Waals surface area contributed by atoms with Crippen molar-refractivity contribution in [2.24, 2.45) is 0 Å². The predicted molar refractivity (Wildman–Crippen MR) is 105 cm³/mol. The number of hydrogen-bond donors (Lipinski definition) is 2. The first-order valence-corrected chi connectivity index (χ1v) is 8.31. The summed E-state index contributed by atoms with van der Waals surface area (Å²) in [6.45, 7) is 2.44. The number of rotatable bonds is 3. The van der Waals surface area contributed by atoms with E-state index in [9.17, 15) is 9.59 Å². The Morgan fingerprint density at radius 2 is 2.12 bits per heavy atom. The molecule has 1 unspecified atom stereocenters. The van der Waals surface area contributed by atoms with Crippen LogP contribution in [0.5, 0.6) is 0 Å². The van der Waals surface area contributed by atoms with Crippen molar-refractivity contribution < 1.29 is 9.59 Å². The molecule has 1 atom stereocenters. The molecule has 9 heteroatoms. The van der Waals surface area contributed by atoms with E-state index >= 15 is 0 Å². The molecule has 0 radical (unpaired) electrons. The number of aryl methyl sites for hydroxylation is 1. The van der Waals surface area contributed by atoms with Crippen LogP contribution in [0.3, 0.4) is 0 Å². The molecule has 25 heavy (non-hydrogen) atoms. The van der Waals surface area contributed by atoms with Crippen molar-refractivity contribution in [3.05, 3.63) is 40.9 Å². The second-order valence-electron chi connectivity index (χ2n) is 5.56. The zero-order valence-electron chi connectivity index (χ0n) is 13.6. The Kier molecular flexibility index (Phi) is 7.66. The van der Waals surface area contributed by atoms with Crippen molar-refractivity contribution >= 4 is 58.8 Å². The minimum absolute atomic E-state index is 0. The lowest BCUT2D eigenvalue weighted by atomic mass is 10.1. The van der Waals surface area contributed by atoms with Gasteiger partial charge in [0.2, 0.25) is 5.91 Å². The van der Waals surface area contributed by atoms with Crippen molar-refractivity contribution in [3.8, 4) is 0 Å². The molecule has 0 spiro atoms. The Morgan fingerprint density at radius 3 is 2.80 bits per heavy atom. The zero-order valence-corrected chi connectivity index (χ0v) is 16.0. The number of thiazole rings is 1. The molecule has 0 bridgehead atoms. The SMILES string of the molecule is Cc1ccc(N)cc1C(=O)N1CCCC1C(=O)Nc1nccs1.Cl.Cl. The molecule has 0 saturated carbocycles.